The molecule has 1 saturated heterocycles. The zero-order valence-electron chi connectivity index (χ0n) is 12.0. The summed E-state index contributed by atoms with van der Waals surface area (Å²) in [4.78, 5) is 35.1. The topological polar surface area (TPSA) is 111 Å². The molecule has 1 heterocycles. The second-order valence-electron chi connectivity index (χ2n) is 4.99. The third-order valence-electron chi connectivity index (χ3n) is 3.42. The first-order valence-electron chi connectivity index (χ1n) is 6.91. The molecule has 0 aliphatic carbocycles. The van der Waals surface area contributed by atoms with E-state index in [4.69, 9.17) is 5.73 Å². The molecule has 2 amide bonds. The highest BCUT2D eigenvalue weighted by Crippen LogP contribution is 2.17. The summed E-state index contributed by atoms with van der Waals surface area (Å²) in [5.41, 5.74) is 5.71. The van der Waals surface area contributed by atoms with E-state index in [1.54, 1.807) is 0 Å². The summed E-state index contributed by atoms with van der Waals surface area (Å²) in [6.45, 7) is 2.52. The van der Waals surface area contributed by atoms with Crippen LogP contribution in [0.5, 0.6) is 0 Å². The Morgan fingerprint density at radius 2 is 2.25 bits per heavy atom. The van der Waals surface area contributed by atoms with Crippen molar-refractivity contribution in [2.24, 2.45) is 11.7 Å². The molecule has 114 valence electrons. The van der Waals surface area contributed by atoms with Crippen LogP contribution < -0.4 is 16.4 Å². The monoisotopic (exact) mass is 285 g/mol. The quantitative estimate of drug-likeness (QED) is 0.536. The molecule has 1 fully saturated rings. The number of rotatable bonds is 7. The summed E-state index contributed by atoms with van der Waals surface area (Å²) in [7, 11) is 1.25. The number of nitrogens with two attached hydrogens (primary N) is 1. The van der Waals surface area contributed by atoms with E-state index < -0.39 is 18.1 Å². The lowest BCUT2D eigenvalue weighted by Crippen LogP contribution is -2.49. The molecule has 4 N–H and O–H groups in total. The van der Waals surface area contributed by atoms with Crippen LogP contribution >= 0.6 is 0 Å². The number of hydrogen-bond donors (Lipinski definition) is 3. The number of carbonyl (C=O) groups is 3. The third kappa shape index (κ3) is 4.48. The van der Waals surface area contributed by atoms with Crippen LogP contribution in [0.15, 0.2) is 0 Å². The normalized spacial score (nSPS) is 20.9. The maximum atomic E-state index is 11.9. The molecular formula is C13H23N3O4. The summed E-state index contributed by atoms with van der Waals surface area (Å²) in [5.74, 6) is -1.31. The van der Waals surface area contributed by atoms with Crippen molar-refractivity contribution in [2.75, 3.05) is 13.7 Å². The van der Waals surface area contributed by atoms with Crippen molar-refractivity contribution in [1.82, 2.24) is 10.6 Å². The van der Waals surface area contributed by atoms with Gasteiger partial charge in [-0.25, -0.2) is 4.79 Å². The number of nitrogens with one attached hydrogen (secondary N) is 2. The summed E-state index contributed by atoms with van der Waals surface area (Å²) in [6, 6.07) is -1.48. The molecule has 0 unspecified atom stereocenters. The van der Waals surface area contributed by atoms with Gasteiger partial charge in [-0.1, -0.05) is 13.3 Å². The third-order valence-corrected chi connectivity index (χ3v) is 3.42. The van der Waals surface area contributed by atoms with Crippen molar-refractivity contribution in [1.29, 1.82) is 0 Å². The van der Waals surface area contributed by atoms with Crippen LogP contribution in [0.1, 0.15) is 32.6 Å². The number of ether oxygens (including phenoxy) is 1. The van der Waals surface area contributed by atoms with Gasteiger partial charge in [0.25, 0.3) is 0 Å². The van der Waals surface area contributed by atoms with Gasteiger partial charge in [-0.2, -0.15) is 0 Å². The lowest BCUT2D eigenvalue weighted by Gasteiger charge is -2.20. The molecule has 1 aliphatic rings. The first-order chi connectivity index (χ1) is 9.49. The second-order valence-corrected chi connectivity index (χ2v) is 4.99. The van der Waals surface area contributed by atoms with Gasteiger partial charge in [-0.05, 0) is 19.3 Å². The van der Waals surface area contributed by atoms with E-state index in [9.17, 15) is 14.4 Å². The van der Waals surface area contributed by atoms with Crippen LogP contribution in [0, 0.1) is 5.92 Å². The molecule has 0 radical (unpaired) electrons. The Hall–Kier alpha value is -1.63. The van der Waals surface area contributed by atoms with Crippen molar-refractivity contribution < 1.29 is 19.1 Å². The molecule has 0 aromatic heterocycles. The number of methoxy groups -OCH3 is 1. The van der Waals surface area contributed by atoms with Crippen LogP contribution in [-0.4, -0.2) is 43.5 Å². The molecule has 3 atom stereocenters. The minimum Gasteiger partial charge on any atom is -0.467 e. The molecule has 1 aliphatic heterocycles. The molecule has 1 rings (SSSR count). The summed E-state index contributed by atoms with van der Waals surface area (Å²) >= 11 is 0. The predicted octanol–water partition coefficient (Wildman–Crippen LogP) is -0.702. The van der Waals surface area contributed by atoms with Gasteiger partial charge in [0, 0.05) is 12.5 Å². The first kappa shape index (κ1) is 16.4. The fourth-order valence-electron chi connectivity index (χ4n) is 2.23. The number of amides is 2. The molecular weight excluding hydrogens is 262 g/mol. The molecule has 7 nitrogen and oxygen atoms in total. The van der Waals surface area contributed by atoms with E-state index >= 15 is 0 Å². The Balaban J connectivity index is 2.62. The molecule has 0 aromatic rings. The van der Waals surface area contributed by atoms with Gasteiger partial charge in [-0.15, -0.1) is 0 Å². The molecule has 0 saturated carbocycles. The van der Waals surface area contributed by atoms with Crippen molar-refractivity contribution in [3.8, 4) is 0 Å². The standard InChI is InChI=1S/C13H23N3O4/c1-3-4-9(14)12(18)16-10(13(19)20-2)7-8-5-6-15-11(8)17/h8-10H,3-7,14H2,1-2H3,(H,15,17)(H,16,18)/t8-,9-,10-/m0/s1. The molecule has 0 aromatic carbocycles. The lowest BCUT2D eigenvalue weighted by atomic mass is 9.98. The maximum Gasteiger partial charge on any atom is 0.328 e. The highest BCUT2D eigenvalue weighted by atomic mass is 16.5. The molecule has 0 bridgehead atoms. The van der Waals surface area contributed by atoms with Gasteiger partial charge >= 0.3 is 5.97 Å². The Morgan fingerprint density at radius 3 is 2.75 bits per heavy atom. The minimum atomic E-state index is -0.829. The smallest absolute Gasteiger partial charge is 0.328 e. The van der Waals surface area contributed by atoms with E-state index in [1.807, 2.05) is 6.92 Å². The van der Waals surface area contributed by atoms with Crippen LogP contribution in [0.4, 0.5) is 0 Å². The summed E-state index contributed by atoms with van der Waals surface area (Å²) < 4.78 is 4.67. The second kappa shape index (κ2) is 7.84. The molecule has 0 spiro atoms. The summed E-state index contributed by atoms with van der Waals surface area (Å²) in [5, 5.41) is 5.28. The largest absolute Gasteiger partial charge is 0.467 e. The van der Waals surface area contributed by atoms with E-state index in [0.717, 1.165) is 6.42 Å². The Labute approximate surface area is 118 Å². The zero-order chi connectivity index (χ0) is 15.1. The highest BCUT2D eigenvalue weighted by molar-refractivity contribution is 5.88. The van der Waals surface area contributed by atoms with Crippen molar-refractivity contribution in [3.63, 3.8) is 0 Å². The average molecular weight is 285 g/mol. The predicted molar refractivity (Wildman–Crippen MR) is 72.6 cm³/mol. The van der Waals surface area contributed by atoms with Gasteiger partial charge in [0.2, 0.25) is 11.8 Å². The maximum absolute atomic E-state index is 11.9. The van der Waals surface area contributed by atoms with Crippen molar-refractivity contribution in [2.45, 2.75) is 44.7 Å². The van der Waals surface area contributed by atoms with E-state index in [0.29, 0.717) is 19.4 Å². The van der Waals surface area contributed by atoms with E-state index in [-0.39, 0.29) is 24.2 Å². The number of hydrogen-bond acceptors (Lipinski definition) is 5. The minimum absolute atomic E-state index is 0.0917. The summed E-state index contributed by atoms with van der Waals surface area (Å²) in [6.07, 6.45) is 2.22. The number of esters is 1. The highest BCUT2D eigenvalue weighted by Gasteiger charge is 2.32. The number of carbonyl (C=O) groups excluding carboxylic acids is 3. The Kier molecular flexibility index (Phi) is 6.44. The van der Waals surface area contributed by atoms with Crippen molar-refractivity contribution >= 4 is 17.8 Å². The van der Waals surface area contributed by atoms with Crippen LogP contribution in [0.25, 0.3) is 0 Å². The lowest BCUT2D eigenvalue weighted by molar-refractivity contribution is -0.146. The average Bonchev–Trinajstić information content (AvgIpc) is 2.82. The molecule has 7 heteroatoms. The van der Waals surface area contributed by atoms with Crippen LogP contribution in [0.2, 0.25) is 0 Å². The van der Waals surface area contributed by atoms with Gasteiger partial charge in [-0.3, -0.25) is 9.59 Å². The Bertz CT molecular complexity index is 373. The Morgan fingerprint density at radius 1 is 1.55 bits per heavy atom. The van der Waals surface area contributed by atoms with Gasteiger partial charge in [0.05, 0.1) is 13.2 Å². The molecule has 20 heavy (non-hydrogen) atoms. The fourth-order valence-corrected chi connectivity index (χ4v) is 2.23. The first-order valence-corrected chi connectivity index (χ1v) is 6.91. The van der Waals surface area contributed by atoms with Crippen LogP contribution in [-0.2, 0) is 19.1 Å². The van der Waals surface area contributed by atoms with Crippen molar-refractivity contribution in [3.05, 3.63) is 0 Å². The van der Waals surface area contributed by atoms with Gasteiger partial charge in [0.15, 0.2) is 0 Å². The van der Waals surface area contributed by atoms with Gasteiger partial charge < -0.3 is 21.1 Å². The van der Waals surface area contributed by atoms with E-state index in [2.05, 4.69) is 15.4 Å². The fraction of sp³-hybridized carbons (Fsp3) is 0.769. The SMILES string of the molecule is CCC[C@H](N)C(=O)N[C@@H](C[C@@H]1CCNC1=O)C(=O)OC. The zero-order valence-corrected chi connectivity index (χ0v) is 12.0. The van der Waals surface area contributed by atoms with Gasteiger partial charge in [0.1, 0.15) is 6.04 Å². The van der Waals surface area contributed by atoms with E-state index in [1.165, 1.54) is 7.11 Å². The van der Waals surface area contributed by atoms with Crippen LogP contribution in [0.3, 0.4) is 0 Å².